The highest BCUT2D eigenvalue weighted by Gasteiger charge is 2.21. The maximum Gasteiger partial charge on any atom is 0.276 e. The van der Waals surface area contributed by atoms with Gasteiger partial charge in [-0.05, 0) is 19.1 Å². The molecule has 1 aromatic carbocycles. The van der Waals surface area contributed by atoms with E-state index in [2.05, 4.69) is 15.5 Å². The largest absolute Gasteiger partial charge is 0.302 e. The quantitative estimate of drug-likeness (QED) is 0.641. The number of nitrogens with zero attached hydrogens (tertiary/aromatic N) is 4. The molecule has 0 unspecified atom stereocenters. The molecule has 0 saturated heterocycles. The molecule has 0 radical (unpaired) electrons. The zero-order chi connectivity index (χ0) is 19.0. The zero-order valence-corrected chi connectivity index (χ0v) is 16.7. The minimum absolute atomic E-state index is 0.203. The number of hydrogen-bond acceptors (Lipinski definition) is 3. The number of carbonyl (C=O) groups excluding carboxylic acids is 1. The average Bonchev–Trinajstić information content (AvgIpc) is 3.02. The van der Waals surface area contributed by atoms with Gasteiger partial charge in [0.25, 0.3) is 5.91 Å². The summed E-state index contributed by atoms with van der Waals surface area (Å²) >= 11 is 24.7. The first-order valence-corrected chi connectivity index (χ1v) is 8.95. The fraction of sp³-hybridized carbons (Fsp3) is 0.188. The van der Waals surface area contributed by atoms with Crippen molar-refractivity contribution in [1.82, 2.24) is 19.6 Å². The van der Waals surface area contributed by atoms with Crippen molar-refractivity contribution in [2.75, 3.05) is 5.32 Å². The molecule has 0 saturated carbocycles. The predicted octanol–water partition coefficient (Wildman–Crippen LogP) is 4.84. The van der Waals surface area contributed by atoms with Gasteiger partial charge >= 0.3 is 0 Å². The van der Waals surface area contributed by atoms with E-state index in [0.29, 0.717) is 27.8 Å². The van der Waals surface area contributed by atoms with Gasteiger partial charge in [0, 0.05) is 28.9 Å². The molecule has 0 aliphatic heterocycles. The fourth-order valence-corrected chi connectivity index (χ4v) is 3.41. The van der Waals surface area contributed by atoms with Gasteiger partial charge in [-0.1, -0.05) is 52.5 Å². The summed E-state index contributed by atoms with van der Waals surface area (Å²) in [6.45, 7) is 2.02. The van der Waals surface area contributed by atoms with Gasteiger partial charge in [-0.25, -0.2) is 0 Å². The highest BCUT2D eigenvalue weighted by molar-refractivity contribution is 6.36. The van der Waals surface area contributed by atoms with E-state index in [4.69, 9.17) is 46.4 Å². The van der Waals surface area contributed by atoms with Crippen molar-refractivity contribution in [3.63, 3.8) is 0 Å². The SMILES string of the molecule is Cc1nn(C)c(C(=O)Nc2nn(Cc3c(Cl)cccc3Cl)cc2Cl)c1Cl. The van der Waals surface area contributed by atoms with Crippen molar-refractivity contribution in [2.24, 2.45) is 7.05 Å². The molecule has 0 aliphatic rings. The van der Waals surface area contributed by atoms with E-state index in [-0.39, 0.29) is 21.6 Å². The highest BCUT2D eigenvalue weighted by atomic mass is 35.5. The lowest BCUT2D eigenvalue weighted by Crippen LogP contribution is -2.17. The van der Waals surface area contributed by atoms with E-state index in [1.54, 1.807) is 43.0 Å². The molecular formula is C16H13Cl4N5O. The highest BCUT2D eigenvalue weighted by Crippen LogP contribution is 2.27. The number of hydrogen-bond donors (Lipinski definition) is 1. The monoisotopic (exact) mass is 431 g/mol. The number of nitrogens with one attached hydrogen (secondary N) is 1. The number of amides is 1. The second-order valence-electron chi connectivity index (χ2n) is 5.55. The Morgan fingerprint density at radius 1 is 1.12 bits per heavy atom. The van der Waals surface area contributed by atoms with Crippen molar-refractivity contribution >= 4 is 58.1 Å². The van der Waals surface area contributed by atoms with Crippen LogP contribution in [-0.2, 0) is 13.6 Å². The molecule has 0 atom stereocenters. The van der Waals surface area contributed by atoms with E-state index in [1.807, 2.05) is 0 Å². The number of aryl methyl sites for hydroxylation is 2. The molecule has 1 amide bonds. The van der Waals surface area contributed by atoms with E-state index >= 15 is 0 Å². The van der Waals surface area contributed by atoms with Crippen molar-refractivity contribution in [1.29, 1.82) is 0 Å². The average molecular weight is 433 g/mol. The molecular weight excluding hydrogens is 420 g/mol. The predicted molar refractivity (Wildman–Crippen MR) is 104 cm³/mol. The Balaban J connectivity index is 1.84. The summed E-state index contributed by atoms with van der Waals surface area (Å²) in [5.74, 6) is -0.254. The van der Waals surface area contributed by atoms with Crippen molar-refractivity contribution in [3.05, 3.63) is 61.4 Å². The second kappa shape index (κ2) is 7.48. The van der Waals surface area contributed by atoms with Gasteiger partial charge in [-0.15, -0.1) is 0 Å². The van der Waals surface area contributed by atoms with Crippen LogP contribution in [0.3, 0.4) is 0 Å². The number of rotatable bonds is 4. The van der Waals surface area contributed by atoms with Gasteiger partial charge in [-0.3, -0.25) is 14.2 Å². The Morgan fingerprint density at radius 3 is 2.35 bits per heavy atom. The van der Waals surface area contributed by atoms with Crippen LogP contribution in [0, 0.1) is 6.92 Å². The molecule has 3 aromatic rings. The number of aromatic nitrogens is 4. The second-order valence-corrected chi connectivity index (χ2v) is 7.15. The molecule has 6 nitrogen and oxygen atoms in total. The van der Waals surface area contributed by atoms with E-state index in [9.17, 15) is 4.79 Å². The topological polar surface area (TPSA) is 64.7 Å². The van der Waals surface area contributed by atoms with Crippen LogP contribution in [0.2, 0.25) is 20.1 Å². The molecule has 0 fully saturated rings. The fourth-order valence-electron chi connectivity index (χ4n) is 2.45. The van der Waals surface area contributed by atoms with Crippen molar-refractivity contribution in [2.45, 2.75) is 13.5 Å². The van der Waals surface area contributed by atoms with Crippen LogP contribution in [0.25, 0.3) is 0 Å². The summed E-state index contributed by atoms with van der Waals surface area (Å²) in [5.41, 5.74) is 1.49. The van der Waals surface area contributed by atoms with Gasteiger partial charge in [0.05, 0.1) is 17.3 Å². The molecule has 136 valence electrons. The third-order valence-corrected chi connectivity index (χ3v) is 5.13. The van der Waals surface area contributed by atoms with Crippen LogP contribution in [0.4, 0.5) is 5.82 Å². The Hall–Kier alpha value is -1.73. The van der Waals surface area contributed by atoms with Crippen LogP contribution in [0.1, 0.15) is 21.7 Å². The van der Waals surface area contributed by atoms with Crippen LogP contribution in [0.5, 0.6) is 0 Å². The maximum atomic E-state index is 12.5. The molecule has 0 spiro atoms. The van der Waals surface area contributed by atoms with Gasteiger partial charge in [0.15, 0.2) is 5.82 Å². The van der Waals surface area contributed by atoms with E-state index < -0.39 is 5.91 Å². The Labute approximate surface area is 169 Å². The molecule has 1 N–H and O–H groups in total. The number of halogens is 4. The lowest BCUT2D eigenvalue weighted by Gasteiger charge is -2.07. The third-order valence-electron chi connectivity index (χ3n) is 3.70. The van der Waals surface area contributed by atoms with E-state index in [0.717, 1.165) is 0 Å². The number of anilines is 1. The lowest BCUT2D eigenvalue weighted by molar-refractivity contribution is 0.101. The minimum atomic E-state index is -0.457. The molecule has 26 heavy (non-hydrogen) atoms. The van der Waals surface area contributed by atoms with Crippen LogP contribution in [0.15, 0.2) is 24.4 Å². The van der Waals surface area contributed by atoms with Crippen molar-refractivity contribution in [3.8, 4) is 0 Å². The van der Waals surface area contributed by atoms with Crippen LogP contribution < -0.4 is 5.32 Å². The molecule has 3 rings (SSSR count). The molecule has 2 aromatic heterocycles. The molecule has 2 heterocycles. The first-order valence-electron chi connectivity index (χ1n) is 7.44. The summed E-state index contributed by atoms with van der Waals surface area (Å²) in [6.07, 6.45) is 1.58. The van der Waals surface area contributed by atoms with Crippen molar-refractivity contribution < 1.29 is 4.79 Å². The normalized spacial score (nSPS) is 11.0. The minimum Gasteiger partial charge on any atom is -0.302 e. The number of benzene rings is 1. The summed E-state index contributed by atoms with van der Waals surface area (Å²) in [4.78, 5) is 12.5. The molecule has 10 heteroatoms. The summed E-state index contributed by atoms with van der Waals surface area (Å²) in [5, 5.41) is 12.6. The Morgan fingerprint density at radius 2 is 1.77 bits per heavy atom. The maximum absolute atomic E-state index is 12.5. The molecule has 0 aliphatic carbocycles. The van der Waals surface area contributed by atoms with Gasteiger partial charge in [0.2, 0.25) is 0 Å². The van der Waals surface area contributed by atoms with Crippen LogP contribution >= 0.6 is 46.4 Å². The first-order chi connectivity index (χ1) is 12.3. The number of carbonyl (C=O) groups is 1. The third kappa shape index (κ3) is 3.69. The summed E-state index contributed by atoms with van der Waals surface area (Å²) < 4.78 is 2.95. The Bertz CT molecular complexity index is 975. The zero-order valence-electron chi connectivity index (χ0n) is 13.7. The summed E-state index contributed by atoms with van der Waals surface area (Å²) in [6, 6.07) is 5.24. The molecule has 0 bridgehead atoms. The summed E-state index contributed by atoms with van der Waals surface area (Å²) in [7, 11) is 1.63. The smallest absolute Gasteiger partial charge is 0.276 e. The van der Waals surface area contributed by atoms with E-state index in [1.165, 1.54) is 4.68 Å². The standard InChI is InChI=1S/C16H13Cl4N5O/c1-8-13(20)14(24(2)22-8)16(26)21-15-12(19)7-25(23-15)6-9-10(17)4-3-5-11(9)18/h3-5,7H,6H2,1-2H3,(H,21,23,26). The lowest BCUT2D eigenvalue weighted by atomic mass is 10.2. The Kier molecular flexibility index (Phi) is 5.48. The van der Waals surface area contributed by atoms with Gasteiger partial charge < -0.3 is 5.32 Å². The van der Waals surface area contributed by atoms with Gasteiger partial charge in [0.1, 0.15) is 10.7 Å². The van der Waals surface area contributed by atoms with Crippen LogP contribution in [-0.4, -0.2) is 25.5 Å². The van der Waals surface area contributed by atoms with Gasteiger partial charge in [-0.2, -0.15) is 10.2 Å². The first kappa shape index (κ1) is 19.0.